The van der Waals surface area contributed by atoms with Crippen LogP contribution in [0.1, 0.15) is 41.7 Å². The number of nitrogens with zero attached hydrogens (tertiary/aromatic N) is 2. The number of amides is 1. The van der Waals surface area contributed by atoms with Crippen LogP contribution in [0, 0.1) is 13.8 Å². The van der Waals surface area contributed by atoms with Gasteiger partial charge in [0.25, 0.3) is 5.91 Å². The maximum Gasteiger partial charge on any atom is 0.266 e. The normalized spacial score (nSPS) is 17.3. The summed E-state index contributed by atoms with van der Waals surface area (Å²) in [6.45, 7) is 4.65. The summed E-state index contributed by atoms with van der Waals surface area (Å²) in [4.78, 5) is 23.0. The van der Waals surface area contributed by atoms with E-state index in [-0.39, 0.29) is 11.9 Å². The third kappa shape index (κ3) is 2.55. The van der Waals surface area contributed by atoms with E-state index in [1.807, 2.05) is 18.7 Å². The topological polar surface area (TPSA) is 33.2 Å². The summed E-state index contributed by atoms with van der Waals surface area (Å²) in [5, 5.41) is 5.17. The molecule has 4 heterocycles. The fourth-order valence-electron chi connectivity index (χ4n) is 3.15. The van der Waals surface area contributed by atoms with Crippen molar-refractivity contribution in [2.75, 3.05) is 6.54 Å². The molecule has 0 aromatic carbocycles. The largest absolute Gasteiger partial charge is 0.326 e. The van der Waals surface area contributed by atoms with Crippen molar-refractivity contribution in [2.45, 2.75) is 26.3 Å². The van der Waals surface area contributed by atoms with Crippen LogP contribution in [0.25, 0.3) is 0 Å². The van der Waals surface area contributed by atoms with Crippen molar-refractivity contribution in [1.82, 2.24) is 9.88 Å². The van der Waals surface area contributed by atoms with Crippen LogP contribution in [0.4, 0.5) is 0 Å². The van der Waals surface area contributed by atoms with Gasteiger partial charge < -0.3 is 4.90 Å². The predicted molar refractivity (Wildman–Crippen MR) is 96.8 cm³/mol. The SMILES string of the molecule is Cc1nc(C)c(C(=O)N2CCc3sccc3C2c2cccs2)s1. The summed E-state index contributed by atoms with van der Waals surface area (Å²) in [6, 6.07) is 6.41. The van der Waals surface area contributed by atoms with Crippen molar-refractivity contribution in [1.29, 1.82) is 0 Å². The van der Waals surface area contributed by atoms with Gasteiger partial charge in [-0.2, -0.15) is 0 Å². The van der Waals surface area contributed by atoms with E-state index in [0.29, 0.717) is 0 Å². The fourth-order valence-corrected chi connectivity index (χ4v) is 5.78. The highest BCUT2D eigenvalue weighted by Gasteiger charge is 2.35. The van der Waals surface area contributed by atoms with Crippen LogP contribution < -0.4 is 0 Å². The quantitative estimate of drug-likeness (QED) is 0.665. The lowest BCUT2D eigenvalue weighted by molar-refractivity contribution is 0.0703. The minimum absolute atomic E-state index is 0.0410. The lowest BCUT2D eigenvalue weighted by Crippen LogP contribution is -2.39. The van der Waals surface area contributed by atoms with E-state index in [4.69, 9.17) is 0 Å². The molecule has 6 heteroatoms. The smallest absolute Gasteiger partial charge is 0.266 e. The van der Waals surface area contributed by atoms with Gasteiger partial charge in [-0.15, -0.1) is 34.0 Å². The first-order valence-electron chi connectivity index (χ1n) is 7.50. The number of thiophene rings is 2. The Hall–Kier alpha value is -1.50. The summed E-state index contributed by atoms with van der Waals surface area (Å²) in [7, 11) is 0. The van der Waals surface area contributed by atoms with Crippen LogP contribution in [-0.4, -0.2) is 22.3 Å². The maximum absolute atomic E-state index is 13.2. The first kappa shape index (κ1) is 15.1. The van der Waals surface area contributed by atoms with Gasteiger partial charge in [0.05, 0.1) is 16.7 Å². The van der Waals surface area contributed by atoms with E-state index in [2.05, 4.69) is 33.9 Å². The molecule has 1 atom stereocenters. The molecule has 0 N–H and O–H groups in total. The lowest BCUT2D eigenvalue weighted by Gasteiger charge is -2.35. The molecule has 4 rings (SSSR count). The van der Waals surface area contributed by atoms with Gasteiger partial charge in [-0.05, 0) is 48.7 Å². The van der Waals surface area contributed by atoms with Gasteiger partial charge in [-0.25, -0.2) is 4.98 Å². The molecule has 1 aliphatic rings. The summed E-state index contributed by atoms with van der Waals surface area (Å²) >= 11 is 5.02. The molecule has 0 saturated heterocycles. The molecule has 0 fully saturated rings. The van der Waals surface area contributed by atoms with Crippen LogP contribution in [0.15, 0.2) is 29.0 Å². The monoisotopic (exact) mass is 360 g/mol. The number of hydrogen-bond donors (Lipinski definition) is 0. The minimum atomic E-state index is 0.0410. The van der Waals surface area contributed by atoms with Gasteiger partial charge in [0.15, 0.2) is 0 Å². The second-order valence-corrected chi connectivity index (χ2v) is 8.80. The molecule has 0 aliphatic carbocycles. The van der Waals surface area contributed by atoms with Crippen LogP contribution in [-0.2, 0) is 6.42 Å². The van der Waals surface area contributed by atoms with Crippen LogP contribution >= 0.6 is 34.0 Å². The third-order valence-corrected chi connectivity index (χ3v) is 7.12. The maximum atomic E-state index is 13.2. The summed E-state index contributed by atoms with van der Waals surface area (Å²) < 4.78 is 0. The highest BCUT2D eigenvalue weighted by atomic mass is 32.1. The van der Waals surface area contributed by atoms with Gasteiger partial charge in [-0.3, -0.25) is 4.79 Å². The van der Waals surface area contributed by atoms with Gasteiger partial charge >= 0.3 is 0 Å². The van der Waals surface area contributed by atoms with Crippen LogP contribution in [0.3, 0.4) is 0 Å². The number of rotatable bonds is 2. The van der Waals surface area contributed by atoms with E-state index in [0.717, 1.165) is 28.5 Å². The summed E-state index contributed by atoms with van der Waals surface area (Å²) in [5.74, 6) is 0.114. The molecule has 0 spiro atoms. The Labute approximate surface area is 147 Å². The molecule has 3 aromatic heterocycles. The Bertz CT molecular complexity index is 847. The molecular weight excluding hydrogens is 344 g/mol. The molecule has 0 bridgehead atoms. The molecule has 1 aliphatic heterocycles. The highest BCUT2D eigenvalue weighted by molar-refractivity contribution is 7.13. The van der Waals surface area contributed by atoms with Gasteiger partial charge in [0.2, 0.25) is 0 Å². The van der Waals surface area contributed by atoms with Crippen molar-refractivity contribution in [3.8, 4) is 0 Å². The average Bonchev–Trinajstić information content (AvgIpc) is 3.25. The van der Waals surface area contributed by atoms with E-state index < -0.39 is 0 Å². The van der Waals surface area contributed by atoms with Crippen molar-refractivity contribution in [3.63, 3.8) is 0 Å². The van der Waals surface area contributed by atoms with Crippen molar-refractivity contribution < 1.29 is 4.79 Å². The molecule has 1 unspecified atom stereocenters. The van der Waals surface area contributed by atoms with Gasteiger partial charge in [0, 0.05) is 16.3 Å². The van der Waals surface area contributed by atoms with Crippen molar-refractivity contribution in [2.24, 2.45) is 0 Å². The van der Waals surface area contributed by atoms with Gasteiger partial charge in [0.1, 0.15) is 4.88 Å². The minimum Gasteiger partial charge on any atom is -0.326 e. The fraction of sp³-hybridized carbons (Fsp3) is 0.294. The van der Waals surface area contributed by atoms with E-state index in [1.54, 1.807) is 22.7 Å². The van der Waals surface area contributed by atoms with Crippen LogP contribution in [0.2, 0.25) is 0 Å². The number of fused-ring (bicyclic) bond motifs is 1. The second-order valence-electron chi connectivity index (χ2n) is 5.61. The van der Waals surface area contributed by atoms with Gasteiger partial charge in [-0.1, -0.05) is 6.07 Å². The second kappa shape index (κ2) is 5.85. The van der Waals surface area contributed by atoms with E-state index in [9.17, 15) is 4.79 Å². The zero-order valence-electron chi connectivity index (χ0n) is 12.9. The van der Waals surface area contributed by atoms with Crippen molar-refractivity contribution in [3.05, 3.63) is 59.9 Å². The molecule has 3 aromatic rings. The average molecular weight is 361 g/mol. The lowest BCUT2D eigenvalue weighted by atomic mass is 9.98. The number of hydrogen-bond acceptors (Lipinski definition) is 5. The molecular formula is C17H16N2OS3. The predicted octanol–water partition coefficient (Wildman–Crippen LogP) is 4.67. The van der Waals surface area contributed by atoms with E-state index >= 15 is 0 Å². The Morgan fingerprint density at radius 1 is 1.26 bits per heavy atom. The molecule has 118 valence electrons. The Morgan fingerprint density at radius 3 is 2.83 bits per heavy atom. The molecule has 1 amide bonds. The summed E-state index contributed by atoms with van der Waals surface area (Å²) in [5.41, 5.74) is 2.13. The van der Waals surface area contributed by atoms with E-state index in [1.165, 1.54) is 26.7 Å². The first-order valence-corrected chi connectivity index (χ1v) is 10.1. The van der Waals surface area contributed by atoms with Crippen molar-refractivity contribution >= 4 is 39.9 Å². The number of carbonyl (C=O) groups excluding carboxylic acids is 1. The Balaban J connectivity index is 1.78. The Kier molecular flexibility index (Phi) is 3.83. The molecule has 23 heavy (non-hydrogen) atoms. The number of thiazole rings is 1. The number of aromatic nitrogens is 1. The first-order chi connectivity index (χ1) is 11.1. The number of aryl methyl sites for hydroxylation is 2. The Morgan fingerprint density at radius 2 is 2.13 bits per heavy atom. The number of carbonyl (C=O) groups is 1. The highest BCUT2D eigenvalue weighted by Crippen LogP contribution is 2.40. The standard InChI is InChI=1S/C17H16N2OS3/c1-10-16(23-11(2)18-10)17(20)19-7-5-13-12(6-9-22-13)15(19)14-4-3-8-21-14/h3-4,6,8-9,15H,5,7H2,1-2H3. The van der Waals surface area contributed by atoms with Crippen LogP contribution in [0.5, 0.6) is 0 Å². The summed E-state index contributed by atoms with van der Waals surface area (Å²) in [6.07, 6.45) is 0.942. The molecule has 0 saturated carbocycles. The molecule has 0 radical (unpaired) electrons. The third-order valence-electron chi connectivity index (χ3n) is 4.14. The molecule has 3 nitrogen and oxygen atoms in total. The zero-order valence-corrected chi connectivity index (χ0v) is 15.4. The zero-order chi connectivity index (χ0) is 16.0.